The molecular weight excluding hydrogens is 480 g/mol. The summed E-state index contributed by atoms with van der Waals surface area (Å²) in [7, 11) is 0. The standard InChI is InChI=1S/C32H48O6/c1-17-15-19(26(28(5,6)36)37-18(2)33)38-24-23(17)29(7)13-14-32-16-31(32)12-11-22(34)27(3,4)20(31)9-10-21(32)30(29,8)25(24)35/h10,17,19-20,22-24,26,34,36H,9,11-16H2,1-8H3. The molecule has 11 atom stereocenters. The maximum Gasteiger partial charge on any atom is 0.303 e. The first kappa shape index (κ1) is 27.0. The van der Waals surface area contributed by atoms with Crippen LogP contribution in [0.1, 0.15) is 100 Å². The second-order valence-electron chi connectivity index (χ2n) is 15.6. The van der Waals surface area contributed by atoms with Crippen molar-refractivity contribution in [1.29, 1.82) is 0 Å². The number of fused-ring (bicyclic) bond motifs is 4. The molecule has 5 fully saturated rings. The van der Waals surface area contributed by atoms with Gasteiger partial charge in [-0.1, -0.05) is 39.3 Å². The van der Waals surface area contributed by atoms with Crippen molar-refractivity contribution in [2.45, 2.75) is 130 Å². The molecule has 1 aliphatic heterocycles. The van der Waals surface area contributed by atoms with Gasteiger partial charge >= 0.3 is 5.97 Å². The van der Waals surface area contributed by atoms with E-state index < -0.39 is 35.3 Å². The van der Waals surface area contributed by atoms with Crippen LogP contribution in [0.5, 0.6) is 0 Å². The molecule has 4 saturated carbocycles. The average molecular weight is 529 g/mol. The van der Waals surface area contributed by atoms with Gasteiger partial charge in [0.05, 0.1) is 23.2 Å². The number of hydrogen-bond donors (Lipinski definition) is 2. The molecule has 6 rings (SSSR count). The van der Waals surface area contributed by atoms with E-state index in [1.807, 2.05) is 0 Å². The van der Waals surface area contributed by atoms with Crippen molar-refractivity contribution >= 4 is 11.8 Å². The lowest BCUT2D eigenvalue weighted by Gasteiger charge is -2.59. The van der Waals surface area contributed by atoms with Gasteiger partial charge in [0, 0.05) is 12.8 Å². The monoisotopic (exact) mass is 528 g/mol. The second-order valence-corrected chi connectivity index (χ2v) is 15.6. The number of esters is 1. The van der Waals surface area contributed by atoms with E-state index in [9.17, 15) is 19.8 Å². The third kappa shape index (κ3) is 3.01. The molecule has 1 heterocycles. The normalized spacial score (nSPS) is 51.4. The number of carbonyl (C=O) groups excluding carboxylic acids is 2. The van der Waals surface area contributed by atoms with Crippen molar-refractivity contribution in [3.63, 3.8) is 0 Å². The minimum absolute atomic E-state index is 0.0702. The van der Waals surface area contributed by atoms with E-state index in [0.717, 1.165) is 38.5 Å². The lowest BCUT2D eigenvalue weighted by Crippen LogP contribution is -2.55. The van der Waals surface area contributed by atoms with E-state index >= 15 is 0 Å². The zero-order valence-corrected chi connectivity index (χ0v) is 24.6. The molecular formula is C32H48O6. The molecule has 2 N–H and O–H groups in total. The molecule has 0 aromatic heterocycles. The summed E-state index contributed by atoms with van der Waals surface area (Å²) < 4.78 is 12.2. The van der Waals surface area contributed by atoms with Gasteiger partial charge in [0.15, 0.2) is 11.9 Å². The molecule has 6 aliphatic rings. The molecule has 11 unspecified atom stereocenters. The minimum atomic E-state index is -1.28. The number of hydrogen-bond acceptors (Lipinski definition) is 6. The van der Waals surface area contributed by atoms with Crippen LogP contribution in [0.2, 0.25) is 0 Å². The van der Waals surface area contributed by atoms with Crippen molar-refractivity contribution in [2.24, 2.45) is 44.8 Å². The molecule has 6 heteroatoms. The fourth-order valence-corrected chi connectivity index (χ4v) is 11.2. The topological polar surface area (TPSA) is 93.1 Å². The molecule has 38 heavy (non-hydrogen) atoms. The van der Waals surface area contributed by atoms with Crippen LogP contribution in [0.25, 0.3) is 0 Å². The SMILES string of the molecule is CC(=O)OC(C1CC(C)C2C(O1)C(=O)C1(C)C3=CCC4C(C)(C)C(O)CCC45CC35CCC21C)C(C)(C)O. The summed E-state index contributed by atoms with van der Waals surface area (Å²) in [4.78, 5) is 26.6. The average Bonchev–Trinajstić information content (AvgIpc) is 3.44. The van der Waals surface area contributed by atoms with Crippen molar-refractivity contribution in [2.75, 3.05) is 0 Å². The number of ether oxygens (including phenoxy) is 2. The number of aliphatic hydroxyl groups is 2. The Balaban J connectivity index is 1.39. The van der Waals surface area contributed by atoms with Crippen LogP contribution in [-0.2, 0) is 19.1 Å². The molecule has 0 aromatic carbocycles. The predicted octanol–water partition coefficient (Wildman–Crippen LogP) is 4.99. The van der Waals surface area contributed by atoms with Gasteiger partial charge in [-0.3, -0.25) is 9.59 Å². The Morgan fingerprint density at radius 2 is 1.87 bits per heavy atom. The zero-order chi connectivity index (χ0) is 27.8. The third-order valence-electron chi connectivity index (χ3n) is 13.2. The first-order valence-corrected chi connectivity index (χ1v) is 15.0. The fraction of sp³-hybridized carbons (Fsp3) is 0.875. The van der Waals surface area contributed by atoms with Crippen LogP contribution in [0.15, 0.2) is 11.6 Å². The summed E-state index contributed by atoms with van der Waals surface area (Å²) in [5, 5.41) is 21.8. The first-order valence-electron chi connectivity index (χ1n) is 15.0. The predicted molar refractivity (Wildman–Crippen MR) is 143 cm³/mol. The highest BCUT2D eigenvalue weighted by atomic mass is 16.6. The maximum atomic E-state index is 14.7. The number of carbonyl (C=O) groups is 2. The summed E-state index contributed by atoms with van der Waals surface area (Å²) in [5.41, 5.74) is -0.559. The van der Waals surface area contributed by atoms with E-state index in [1.54, 1.807) is 13.8 Å². The largest absolute Gasteiger partial charge is 0.457 e. The van der Waals surface area contributed by atoms with E-state index in [0.29, 0.717) is 12.3 Å². The van der Waals surface area contributed by atoms with Crippen LogP contribution in [0.3, 0.4) is 0 Å². The highest BCUT2D eigenvalue weighted by Gasteiger charge is 2.83. The van der Waals surface area contributed by atoms with Crippen molar-refractivity contribution in [1.82, 2.24) is 0 Å². The molecule has 0 aromatic rings. The molecule has 0 radical (unpaired) electrons. The van der Waals surface area contributed by atoms with Crippen LogP contribution in [0, 0.1) is 44.8 Å². The quantitative estimate of drug-likeness (QED) is 0.396. The highest BCUT2D eigenvalue weighted by Crippen LogP contribution is 2.87. The summed E-state index contributed by atoms with van der Waals surface area (Å²) in [5.74, 6) is 0.457. The zero-order valence-electron chi connectivity index (χ0n) is 24.6. The molecule has 0 bridgehead atoms. The van der Waals surface area contributed by atoms with E-state index in [1.165, 1.54) is 12.5 Å². The number of aliphatic hydroxyl groups excluding tert-OH is 1. The van der Waals surface area contributed by atoms with Crippen LogP contribution in [-0.4, -0.2) is 52.0 Å². The number of allylic oxidation sites excluding steroid dienone is 2. The van der Waals surface area contributed by atoms with Gasteiger partial charge in [0.25, 0.3) is 0 Å². The second kappa shape index (κ2) is 7.73. The summed E-state index contributed by atoms with van der Waals surface area (Å²) >= 11 is 0. The van der Waals surface area contributed by atoms with Gasteiger partial charge in [0.2, 0.25) is 0 Å². The number of Topliss-reactive ketones (excluding diaryl/α,β-unsaturated/α-hetero) is 1. The molecule has 5 aliphatic carbocycles. The number of ketones is 1. The van der Waals surface area contributed by atoms with Gasteiger partial charge in [-0.15, -0.1) is 0 Å². The van der Waals surface area contributed by atoms with E-state index in [2.05, 4.69) is 40.7 Å². The third-order valence-corrected chi connectivity index (χ3v) is 13.2. The molecule has 6 nitrogen and oxygen atoms in total. The van der Waals surface area contributed by atoms with Crippen molar-refractivity contribution in [3.05, 3.63) is 11.6 Å². The maximum absolute atomic E-state index is 14.7. The van der Waals surface area contributed by atoms with Gasteiger partial charge in [-0.2, -0.15) is 0 Å². The summed E-state index contributed by atoms with van der Waals surface area (Å²) in [6.07, 6.45) is 6.97. The van der Waals surface area contributed by atoms with Crippen LogP contribution < -0.4 is 0 Å². The lowest BCUT2D eigenvalue weighted by molar-refractivity contribution is -0.207. The Bertz CT molecular complexity index is 1100. The highest BCUT2D eigenvalue weighted by molar-refractivity contribution is 5.96. The smallest absolute Gasteiger partial charge is 0.303 e. The van der Waals surface area contributed by atoms with E-state index in [-0.39, 0.29) is 45.4 Å². The van der Waals surface area contributed by atoms with Gasteiger partial charge in [-0.25, -0.2) is 0 Å². The molecule has 2 spiro atoms. The van der Waals surface area contributed by atoms with E-state index in [4.69, 9.17) is 9.47 Å². The van der Waals surface area contributed by atoms with Crippen molar-refractivity contribution < 1.29 is 29.3 Å². The Hall–Kier alpha value is -1.24. The Morgan fingerprint density at radius 3 is 2.50 bits per heavy atom. The van der Waals surface area contributed by atoms with Gasteiger partial charge in [0.1, 0.15) is 6.10 Å². The van der Waals surface area contributed by atoms with Gasteiger partial charge < -0.3 is 19.7 Å². The Morgan fingerprint density at radius 1 is 1.18 bits per heavy atom. The summed E-state index contributed by atoms with van der Waals surface area (Å²) in [6, 6.07) is 0. The molecule has 212 valence electrons. The Kier molecular flexibility index (Phi) is 5.48. The molecule has 1 saturated heterocycles. The van der Waals surface area contributed by atoms with Crippen LogP contribution in [0.4, 0.5) is 0 Å². The minimum Gasteiger partial charge on any atom is -0.457 e. The molecule has 0 amide bonds. The van der Waals surface area contributed by atoms with Gasteiger partial charge in [-0.05, 0) is 99.2 Å². The lowest BCUT2D eigenvalue weighted by atomic mass is 9.45. The number of rotatable bonds is 3. The fourth-order valence-electron chi connectivity index (χ4n) is 11.2. The van der Waals surface area contributed by atoms with Crippen molar-refractivity contribution in [3.8, 4) is 0 Å². The first-order chi connectivity index (χ1) is 17.5. The Labute approximate surface area is 227 Å². The van der Waals surface area contributed by atoms with Crippen LogP contribution >= 0.6 is 0 Å². The summed E-state index contributed by atoms with van der Waals surface area (Å²) in [6.45, 7) is 15.9.